The van der Waals surface area contributed by atoms with E-state index in [1.54, 1.807) is 0 Å². The molecular weight excluding hydrogens is 472 g/mol. The van der Waals surface area contributed by atoms with E-state index in [9.17, 15) is 35.9 Å². The molecule has 2 bridgehead atoms. The molecule has 0 heterocycles. The molecule has 3 saturated carbocycles. The highest BCUT2D eigenvalue weighted by atomic mass is 32.2. The van der Waals surface area contributed by atoms with E-state index >= 15 is 0 Å². The molecule has 2 aromatic rings. The number of carbonyl (C=O) groups excluding carboxylic acids is 2. The molecule has 0 atom stereocenters. The Kier molecular flexibility index (Phi) is 5.34. The number of hydrogen-bond donors (Lipinski definition) is 3. The zero-order valence-electron chi connectivity index (χ0n) is 16.7. The molecule has 0 saturated heterocycles. The van der Waals surface area contributed by atoms with Gasteiger partial charge in [-0.1, -0.05) is 0 Å². The zero-order valence-corrected chi connectivity index (χ0v) is 17.5. The summed E-state index contributed by atoms with van der Waals surface area (Å²) in [7, 11) is 0. The van der Waals surface area contributed by atoms with Gasteiger partial charge in [-0.2, -0.15) is 26.3 Å². The Morgan fingerprint density at radius 1 is 0.939 bits per heavy atom. The summed E-state index contributed by atoms with van der Waals surface area (Å²) in [6, 6.07) is 8.40. The minimum Gasteiger partial charge on any atom is -0.366 e. The molecule has 5 nitrogen and oxygen atoms in total. The third-order valence-electron chi connectivity index (χ3n) is 6.02. The number of hydrogen-bond acceptors (Lipinski definition) is 4. The molecule has 4 N–H and O–H groups in total. The van der Waals surface area contributed by atoms with Gasteiger partial charge in [0.2, 0.25) is 5.91 Å². The Labute approximate surface area is 188 Å². The number of benzene rings is 2. The number of halogens is 6. The van der Waals surface area contributed by atoms with Gasteiger partial charge in [0, 0.05) is 16.0 Å². The van der Waals surface area contributed by atoms with Crippen LogP contribution < -0.4 is 15.8 Å². The summed E-state index contributed by atoms with van der Waals surface area (Å²) in [5.74, 6) is -1.40. The Hall–Kier alpha value is -2.89. The van der Waals surface area contributed by atoms with E-state index in [1.807, 2.05) is 0 Å². The third-order valence-corrected chi connectivity index (χ3v) is 6.85. The van der Waals surface area contributed by atoms with Gasteiger partial charge in [0.25, 0.3) is 5.91 Å². The Bertz CT molecular complexity index is 1090. The molecule has 0 spiro atoms. The lowest BCUT2D eigenvalue weighted by atomic mass is 9.39. The first-order valence-electron chi connectivity index (χ1n) is 9.67. The number of rotatable bonds is 6. The van der Waals surface area contributed by atoms with Gasteiger partial charge in [-0.05, 0) is 73.7 Å². The van der Waals surface area contributed by atoms with Gasteiger partial charge in [0.15, 0.2) is 0 Å². The van der Waals surface area contributed by atoms with Crippen LogP contribution in [0.2, 0.25) is 0 Å². The summed E-state index contributed by atoms with van der Waals surface area (Å²) in [6.07, 6.45) is -9.72. The van der Waals surface area contributed by atoms with Crippen molar-refractivity contribution in [3.8, 4) is 0 Å². The molecule has 3 fully saturated rings. The van der Waals surface area contributed by atoms with Crippen LogP contribution in [0.3, 0.4) is 0 Å². The summed E-state index contributed by atoms with van der Waals surface area (Å²) >= 11 is 0.897. The van der Waals surface area contributed by atoms with Gasteiger partial charge in [-0.15, -0.1) is 0 Å². The maximum atomic E-state index is 13.2. The second-order valence-corrected chi connectivity index (χ2v) is 9.27. The van der Waals surface area contributed by atoms with Crippen LogP contribution in [0.25, 0.3) is 0 Å². The predicted octanol–water partition coefficient (Wildman–Crippen LogP) is 5.14. The highest BCUT2D eigenvalue weighted by Gasteiger charge is 2.79. The maximum absolute atomic E-state index is 13.2. The van der Waals surface area contributed by atoms with Crippen molar-refractivity contribution < 1.29 is 35.9 Å². The van der Waals surface area contributed by atoms with E-state index in [4.69, 9.17) is 5.73 Å². The molecule has 5 rings (SSSR count). The van der Waals surface area contributed by atoms with E-state index in [-0.39, 0.29) is 36.1 Å². The van der Waals surface area contributed by atoms with Crippen molar-refractivity contribution in [1.29, 1.82) is 0 Å². The van der Waals surface area contributed by atoms with Gasteiger partial charge >= 0.3 is 12.4 Å². The Balaban J connectivity index is 1.51. The number of nitrogens with one attached hydrogen (secondary N) is 2. The molecule has 3 aliphatic rings. The lowest BCUT2D eigenvalue weighted by Crippen LogP contribution is -2.78. The molecule has 0 unspecified atom stereocenters. The molecule has 0 radical (unpaired) electrons. The number of amides is 2. The molecule has 176 valence electrons. The number of carbonyl (C=O) groups is 2. The smallest absolute Gasteiger partial charge is 0.366 e. The van der Waals surface area contributed by atoms with Crippen molar-refractivity contribution in [2.45, 2.75) is 42.0 Å². The fourth-order valence-corrected chi connectivity index (χ4v) is 5.00. The highest BCUT2D eigenvalue weighted by Crippen LogP contribution is 2.73. The van der Waals surface area contributed by atoms with Gasteiger partial charge in [0.1, 0.15) is 0 Å². The number of nitrogens with two attached hydrogens (primary N) is 1. The summed E-state index contributed by atoms with van der Waals surface area (Å²) in [5, 5.41) is 2.57. The maximum Gasteiger partial charge on any atom is 0.416 e. The normalized spacial score (nSPS) is 23.8. The summed E-state index contributed by atoms with van der Waals surface area (Å²) < 4.78 is 81.4. The average molecular weight is 489 g/mol. The van der Waals surface area contributed by atoms with Crippen LogP contribution in [-0.4, -0.2) is 23.5 Å². The zero-order chi connectivity index (χ0) is 24.2. The molecule has 2 aromatic carbocycles. The summed E-state index contributed by atoms with van der Waals surface area (Å²) in [5.41, 5.74) is 1.39. The van der Waals surface area contributed by atoms with Gasteiger partial charge < -0.3 is 15.8 Å². The number of primary amides is 1. The first kappa shape index (κ1) is 23.3. The molecule has 0 aliphatic heterocycles. The Morgan fingerprint density at radius 2 is 1.55 bits per heavy atom. The number of anilines is 1. The number of alkyl halides is 6. The quantitative estimate of drug-likeness (QED) is 0.388. The minimum absolute atomic E-state index is 0.130. The Morgan fingerprint density at radius 3 is 2.06 bits per heavy atom. The summed E-state index contributed by atoms with van der Waals surface area (Å²) in [4.78, 5) is 24.4. The molecule has 3 aliphatic carbocycles. The van der Waals surface area contributed by atoms with Gasteiger partial charge in [0.05, 0.1) is 22.2 Å². The van der Waals surface area contributed by atoms with Crippen LogP contribution >= 0.6 is 11.9 Å². The van der Waals surface area contributed by atoms with E-state index in [2.05, 4.69) is 10.0 Å². The topological polar surface area (TPSA) is 84.2 Å². The van der Waals surface area contributed by atoms with Crippen LogP contribution in [0.5, 0.6) is 0 Å². The molecule has 12 heteroatoms. The monoisotopic (exact) mass is 489 g/mol. The van der Waals surface area contributed by atoms with Crippen LogP contribution in [0.4, 0.5) is 32.0 Å². The van der Waals surface area contributed by atoms with Crippen molar-refractivity contribution in [3.05, 3.63) is 59.2 Å². The lowest BCUT2D eigenvalue weighted by molar-refractivity contribution is -0.336. The highest BCUT2D eigenvalue weighted by molar-refractivity contribution is 8.00. The SMILES string of the molecule is NC(=O)c1ccc(SNc2cc(C(F)(F)F)ccc2C(=O)NC23CC(C(F)(F)F)(C2)C3)cc1. The van der Waals surface area contributed by atoms with E-state index in [0.29, 0.717) is 4.90 Å². The first-order chi connectivity index (χ1) is 15.2. The molecular formula is C21H17F6N3O2S. The standard InChI is InChI=1S/C21H17F6N3O2S/c22-20(23,24)12-3-6-14(17(32)29-19-8-18(9-19,10-19)21(25,26)27)15(7-12)30-33-13-4-1-11(2-5-13)16(28)31/h1-7,30H,8-10H2,(H2,28,31)(H,29,32). The fraction of sp³-hybridized carbons (Fsp3) is 0.333. The molecule has 0 aromatic heterocycles. The summed E-state index contributed by atoms with van der Waals surface area (Å²) in [6.45, 7) is 0. The second-order valence-electron chi connectivity index (χ2n) is 8.39. The predicted molar refractivity (Wildman–Crippen MR) is 108 cm³/mol. The van der Waals surface area contributed by atoms with Crippen LogP contribution in [0, 0.1) is 5.41 Å². The van der Waals surface area contributed by atoms with Gasteiger partial charge in [-0.25, -0.2) is 0 Å². The fourth-order valence-electron chi connectivity index (χ4n) is 4.33. The average Bonchev–Trinajstić information content (AvgIpc) is 2.66. The van der Waals surface area contributed by atoms with Crippen molar-refractivity contribution in [3.63, 3.8) is 0 Å². The van der Waals surface area contributed by atoms with Crippen molar-refractivity contribution in [2.24, 2.45) is 11.1 Å². The minimum atomic E-state index is -4.66. The molecule has 2 amide bonds. The van der Waals surface area contributed by atoms with E-state index in [0.717, 1.165) is 30.1 Å². The second kappa shape index (κ2) is 7.57. The van der Waals surface area contributed by atoms with Crippen LogP contribution in [0.1, 0.15) is 45.5 Å². The van der Waals surface area contributed by atoms with E-state index < -0.39 is 40.7 Å². The van der Waals surface area contributed by atoms with E-state index in [1.165, 1.54) is 24.3 Å². The van der Waals surface area contributed by atoms with Crippen LogP contribution in [-0.2, 0) is 6.18 Å². The van der Waals surface area contributed by atoms with Crippen molar-refractivity contribution >= 4 is 29.4 Å². The largest absolute Gasteiger partial charge is 0.416 e. The van der Waals surface area contributed by atoms with Crippen LogP contribution in [0.15, 0.2) is 47.4 Å². The van der Waals surface area contributed by atoms with Crippen molar-refractivity contribution in [1.82, 2.24) is 5.32 Å². The first-order valence-corrected chi connectivity index (χ1v) is 10.5. The lowest BCUT2D eigenvalue weighted by Gasteiger charge is -2.70. The molecule has 33 heavy (non-hydrogen) atoms. The third kappa shape index (κ3) is 4.23. The van der Waals surface area contributed by atoms with Gasteiger partial charge in [-0.3, -0.25) is 9.59 Å². The van der Waals surface area contributed by atoms with Crippen molar-refractivity contribution in [2.75, 3.05) is 4.72 Å².